The van der Waals surface area contributed by atoms with Crippen LogP contribution in [0.1, 0.15) is 30.6 Å². The fourth-order valence-electron chi connectivity index (χ4n) is 1.97. The van der Waals surface area contributed by atoms with Crippen LogP contribution in [0.2, 0.25) is 5.02 Å². The highest BCUT2D eigenvalue weighted by atomic mass is 79.9. The molecule has 1 unspecified atom stereocenters. The first kappa shape index (κ1) is 14.5. The summed E-state index contributed by atoms with van der Waals surface area (Å²) in [5, 5.41) is 4.87. The van der Waals surface area contributed by atoms with Gasteiger partial charge >= 0.3 is 0 Å². The van der Waals surface area contributed by atoms with Crippen molar-refractivity contribution >= 4 is 27.5 Å². The maximum absolute atomic E-state index is 6.23. The third-order valence-corrected chi connectivity index (χ3v) is 3.49. The van der Waals surface area contributed by atoms with Crippen molar-refractivity contribution in [2.75, 3.05) is 0 Å². The summed E-state index contributed by atoms with van der Waals surface area (Å²) in [4.78, 5) is 4.15. The molecule has 3 N–H and O–H groups in total. The maximum atomic E-state index is 6.23. The van der Waals surface area contributed by atoms with Gasteiger partial charge in [-0.1, -0.05) is 18.5 Å². The molecule has 0 spiro atoms. The van der Waals surface area contributed by atoms with Gasteiger partial charge in [0.05, 0.1) is 23.0 Å². The summed E-state index contributed by atoms with van der Waals surface area (Å²) >= 11 is 9.64. The molecule has 2 aromatic rings. The van der Waals surface area contributed by atoms with Gasteiger partial charge in [-0.25, -0.2) is 5.43 Å². The highest BCUT2D eigenvalue weighted by Gasteiger charge is 2.21. The molecule has 2 rings (SSSR count). The molecule has 1 atom stereocenters. The minimum Gasteiger partial charge on any atom is -0.271 e. The second kappa shape index (κ2) is 6.47. The number of pyridine rings is 1. The number of nitrogens with zero attached hydrogens (tertiary/aromatic N) is 3. The number of rotatable bonds is 5. The zero-order valence-electron chi connectivity index (χ0n) is 10.5. The van der Waals surface area contributed by atoms with Gasteiger partial charge < -0.3 is 0 Å². The van der Waals surface area contributed by atoms with Crippen molar-refractivity contribution in [3.8, 4) is 0 Å². The molecule has 102 valence electrons. The van der Waals surface area contributed by atoms with Crippen LogP contribution in [0, 0.1) is 0 Å². The predicted molar refractivity (Wildman–Crippen MR) is 78.6 cm³/mol. The summed E-state index contributed by atoms with van der Waals surface area (Å²) in [5.41, 5.74) is 4.56. The van der Waals surface area contributed by atoms with Gasteiger partial charge in [0.15, 0.2) is 0 Å². The fraction of sp³-hybridized carbons (Fsp3) is 0.333. The highest BCUT2D eigenvalue weighted by Crippen LogP contribution is 2.28. The molecule has 2 aromatic heterocycles. The van der Waals surface area contributed by atoms with Gasteiger partial charge in [-0.3, -0.25) is 15.5 Å². The third kappa shape index (κ3) is 3.14. The molecule has 0 radical (unpaired) electrons. The van der Waals surface area contributed by atoms with E-state index in [0.717, 1.165) is 28.7 Å². The van der Waals surface area contributed by atoms with Crippen LogP contribution in [-0.2, 0) is 6.54 Å². The summed E-state index contributed by atoms with van der Waals surface area (Å²) < 4.78 is 2.76. The Morgan fingerprint density at radius 1 is 1.47 bits per heavy atom. The summed E-state index contributed by atoms with van der Waals surface area (Å²) in [5.74, 6) is 5.69. The van der Waals surface area contributed by atoms with Crippen molar-refractivity contribution in [2.45, 2.75) is 25.9 Å². The van der Waals surface area contributed by atoms with Crippen LogP contribution in [0.25, 0.3) is 0 Å². The third-order valence-electron chi connectivity index (χ3n) is 2.77. The molecule has 19 heavy (non-hydrogen) atoms. The number of nitrogens with one attached hydrogen (secondary N) is 1. The minimum absolute atomic E-state index is 0.244. The van der Waals surface area contributed by atoms with Crippen molar-refractivity contribution < 1.29 is 0 Å². The van der Waals surface area contributed by atoms with E-state index in [9.17, 15) is 0 Å². The average molecular weight is 345 g/mol. The SMILES string of the molecule is CCCn1ncc(Cl)c1C(NN)c1cncc(Br)c1. The van der Waals surface area contributed by atoms with Gasteiger partial charge in [-0.05, 0) is 34.0 Å². The summed E-state index contributed by atoms with van der Waals surface area (Å²) in [6.07, 6.45) is 6.10. The Bertz CT molecular complexity index is 557. The van der Waals surface area contributed by atoms with Crippen LogP contribution >= 0.6 is 27.5 Å². The van der Waals surface area contributed by atoms with Crippen molar-refractivity contribution in [1.29, 1.82) is 0 Å². The monoisotopic (exact) mass is 343 g/mol. The summed E-state index contributed by atoms with van der Waals surface area (Å²) in [7, 11) is 0. The molecular weight excluding hydrogens is 330 g/mol. The Kier molecular flexibility index (Phi) is 4.93. The lowest BCUT2D eigenvalue weighted by molar-refractivity contribution is 0.520. The first-order valence-corrected chi connectivity index (χ1v) is 7.12. The fourth-order valence-corrected chi connectivity index (χ4v) is 2.60. The molecule has 0 amide bonds. The molecule has 7 heteroatoms. The summed E-state index contributed by atoms with van der Waals surface area (Å²) in [6.45, 7) is 2.88. The first-order valence-electron chi connectivity index (χ1n) is 5.95. The lowest BCUT2D eigenvalue weighted by atomic mass is 10.1. The molecular formula is C12H15BrClN5. The molecule has 0 bridgehead atoms. The Labute approximate surface area is 125 Å². The molecule has 2 heterocycles. The Balaban J connectivity index is 2.44. The molecule has 0 saturated heterocycles. The van der Waals surface area contributed by atoms with Crippen molar-refractivity contribution in [3.63, 3.8) is 0 Å². The second-order valence-corrected chi connectivity index (χ2v) is 5.46. The number of aromatic nitrogens is 3. The lowest BCUT2D eigenvalue weighted by Crippen LogP contribution is -2.31. The van der Waals surface area contributed by atoms with E-state index in [1.165, 1.54) is 0 Å². The predicted octanol–water partition coefficient (Wildman–Crippen LogP) is 2.66. The molecule has 0 aliphatic rings. The molecule has 0 aromatic carbocycles. The summed E-state index contributed by atoms with van der Waals surface area (Å²) in [6, 6.07) is 1.71. The highest BCUT2D eigenvalue weighted by molar-refractivity contribution is 9.10. The van der Waals surface area contributed by atoms with E-state index < -0.39 is 0 Å². The van der Waals surface area contributed by atoms with Crippen LogP contribution < -0.4 is 11.3 Å². The molecule has 0 saturated carbocycles. The van der Waals surface area contributed by atoms with Gasteiger partial charge in [0, 0.05) is 23.4 Å². The van der Waals surface area contributed by atoms with Gasteiger partial charge in [0.25, 0.3) is 0 Å². The minimum atomic E-state index is -0.244. The normalized spacial score (nSPS) is 12.6. The Morgan fingerprint density at radius 2 is 2.26 bits per heavy atom. The average Bonchev–Trinajstić information content (AvgIpc) is 2.74. The Hall–Kier alpha value is -0.950. The van der Waals surface area contributed by atoms with Gasteiger partial charge in [0.1, 0.15) is 0 Å². The number of halogens is 2. The molecule has 0 aliphatic carbocycles. The molecule has 0 fully saturated rings. The zero-order chi connectivity index (χ0) is 13.8. The topological polar surface area (TPSA) is 68.8 Å². The van der Waals surface area contributed by atoms with E-state index in [1.54, 1.807) is 18.6 Å². The van der Waals surface area contributed by atoms with Gasteiger partial charge in [0.2, 0.25) is 0 Å². The number of hydrogen-bond acceptors (Lipinski definition) is 4. The largest absolute Gasteiger partial charge is 0.271 e. The molecule has 5 nitrogen and oxygen atoms in total. The van der Waals surface area contributed by atoms with Crippen molar-refractivity contribution in [3.05, 3.63) is 45.4 Å². The van der Waals surface area contributed by atoms with Gasteiger partial charge in [-0.2, -0.15) is 5.10 Å². The van der Waals surface area contributed by atoms with E-state index in [2.05, 4.69) is 38.4 Å². The van der Waals surface area contributed by atoms with E-state index in [0.29, 0.717) is 5.02 Å². The second-order valence-electron chi connectivity index (χ2n) is 4.14. The van der Waals surface area contributed by atoms with Gasteiger partial charge in [-0.15, -0.1) is 0 Å². The van der Waals surface area contributed by atoms with Crippen molar-refractivity contribution in [2.24, 2.45) is 5.84 Å². The quantitative estimate of drug-likeness (QED) is 0.646. The van der Waals surface area contributed by atoms with E-state index >= 15 is 0 Å². The van der Waals surface area contributed by atoms with Crippen molar-refractivity contribution in [1.82, 2.24) is 20.2 Å². The van der Waals surface area contributed by atoms with E-state index in [1.807, 2.05) is 10.7 Å². The smallest absolute Gasteiger partial charge is 0.0908 e. The number of aryl methyl sites for hydroxylation is 1. The number of hydrogen-bond donors (Lipinski definition) is 2. The first-order chi connectivity index (χ1) is 9.17. The number of nitrogens with two attached hydrogens (primary N) is 1. The lowest BCUT2D eigenvalue weighted by Gasteiger charge is -2.18. The van der Waals surface area contributed by atoms with Crippen LogP contribution in [0.4, 0.5) is 0 Å². The Morgan fingerprint density at radius 3 is 2.89 bits per heavy atom. The van der Waals surface area contributed by atoms with Crippen LogP contribution in [0.15, 0.2) is 29.1 Å². The van der Waals surface area contributed by atoms with E-state index in [4.69, 9.17) is 17.4 Å². The van der Waals surface area contributed by atoms with Crippen LogP contribution in [0.5, 0.6) is 0 Å². The standard InChI is InChI=1S/C12H15BrClN5/c1-2-3-19-12(10(14)7-17-19)11(18-15)8-4-9(13)6-16-5-8/h4-7,11,18H,2-3,15H2,1H3. The number of hydrazine groups is 1. The zero-order valence-corrected chi connectivity index (χ0v) is 12.8. The molecule has 0 aliphatic heterocycles. The maximum Gasteiger partial charge on any atom is 0.0908 e. The van der Waals surface area contributed by atoms with Crippen LogP contribution in [0.3, 0.4) is 0 Å². The van der Waals surface area contributed by atoms with Crippen LogP contribution in [-0.4, -0.2) is 14.8 Å². The van der Waals surface area contributed by atoms with E-state index in [-0.39, 0.29) is 6.04 Å².